The average molecular weight is 310 g/mol. The summed E-state index contributed by atoms with van der Waals surface area (Å²) in [6, 6.07) is 0.0123. The Bertz CT molecular complexity index is 590. The summed E-state index contributed by atoms with van der Waals surface area (Å²) in [5, 5.41) is 3.28. The number of nitrogens with zero attached hydrogens (tertiary/aromatic N) is 4. The van der Waals surface area contributed by atoms with Crippen molar-refractivity contribution in [3.63, 3.8) is 0 Å². The summed E-state index contributed by atoms with van der Waals surface area (Å²) in [7, 11) is 0. The molecule has 2 aromatic heterocycles. The third-order valence-electron chi connectivity index (χ3n) is 3.02. The fourth-order valence-corrected chi connectivity index (χ4v) is 2.17. The quantitative estimate of drug-likeness (QED) is 0.875. The van der Waals surface area contributed by atoms with Gasteiger partial charge in [-0.1, -0.05) is 11.6 Å². The van der Waals surface area contributed by atoms with Gasteiger partial charge < -0.3 is 14.6 Å². The number of nitrogens with one attached hydrogen (secondary N) is 1. The highest BCUT2D eigenvalue weighted by Crippen LogP contribution is 2.22. The maximum absolute atomic E-state index is 11.8. The number of rotatable bonds is 6. The van der Waals surface area contributed by atoms with Crippen molar-refractivity contribution < 1.29 is 9.21 Å². The van der Waals surface area contributed by atoms with Crippen molar-refractivity contribution in [2.45, 2.75) is 19.9 Å². The second kappa shape index (κ2) is 7.03. The highest BCUT2D eigenvalue weighted by Gasteiger charge is 2.18. The molecule has 0 unspecified atom stereocenters. The number of likely N-dealkylation sites (N-methyl/N-ethyl adjacent to an activating group) is 1. The molecule has 0 aliphatic carbocycles. The monoisotopic (exact) mass is 309 g/mol. The van der Waals surface area contributed by atoms with Crippen LogP contribution in [0.3, 0.4) is 0 Å². The van der Waals surface area contributed by atoms with E-state index in [4.69, 9.17) is 16.0 Å². The van der Waals surface area contributed by atoms with Gasteiger partial charge in [0.15, 0.2) is 17.9 Å². The maximum Gasteiger partial charge on any atom is 0.273 e. The minimum absolute atomic E-state index is 0.0123. The predicted octanol–water partition coefficient (Wildman–Crippen LogP) is 1.76. The van der Waals surface area contributed by atoms with Crippen LogP contribution in [0.2, 0.25) is 5.02 Å². The molecule has 2 aromatic rings. The SMILES string of the molecule is CCN(c1ncncc1Cl)[C@H](C)CNC(=O)c1cocn1. The summed E-state index contributed by atoms with van der Waals surface area (Å²) in [6.07, 6.45) is 5.52. The molecule has 112 valence electrons. The van der Waals surface area contributed by atoms with E-state index in [-0.39, 0.29) is 17.6 Å². The topological polar surface area (TPSA) is 84.2 Å². The molecule has 0 bridgehead atoms. The molecule has 2 heterocycles. The van der Waals surface area contributed by atoms with E-state index in [0.717, 1.165) is 0 Å². The van der Waals surface area contributed by atoms with Gasteiger partial charge in [-0.2, -0.15) is 0 Å². The molecular weight excluding hydrogens is 294 g/mol. The lowest BCUT2D eigenvalue weighted by molar-refractivity contribution is 0.0946. The van der Waals surface area contributed by atoms with E-state index < -0.39 is 0 Å². The fraction of sp³-hybridized carbons (Fsp3) is 0.385. The van der Waals surface area contributed by atoms with Gasteiger partial charge in [0, 0.05) is 19.1 Å². The molecule has 0 spiro atoms. The van der Waals surface area contributed by atoms with Crippen molar-refractivity contribution in [2.24, 2.45) is 0 Å². The predicted molar refractivity (Wildman–Crippen MR) is 78.4 cm³/mol. The fourth-order valence-electron chi connectivity index (χ4n) is 1.95. The molecule has 8 heteroatoms. The van der Waals surface area contributed by atoms with Gasteiger partial charge in [-0.3, -0.25) is 4.79 Å². The minimum Gasteiger partial charge on any atom is -0.451 e. The van der Waals surface area contributed by atoms with Gasteiger partial charge in [-0.05, 0) is 13.8 Å². The standard InChI is InChI=1S/C13H16ClN5O2/c1-3-19(12-10(14)5-15-7-17-12)9(2)4-16-13(20)11-6-21-8-18-11/h5-9H,3-4H2,1-2H3,(H,16,20)/t9-/m1/s1. The summed E-state index contributed by atoms with van der Waals surface area (Å²) >= 11 is 6.11. The highest BCUT2D eigenvalue weighted by molar-refractivity contribution is 6.32. The number of carbonyl (C=O) groups excluding carboxylic acids is 1. The molecule has 7 nitrogen and oxygen atoms in total. The van der Waals surface area contributed by atoms with Gasteiger partial charge in [0.05, 0.1) is 6.20 Å². The molecule has 1 amide bonds. The zero-order valence-corrected chi connectivity index (χ0v) is 12.5. The second-order valence-corrected chi connectivity index (χ2v) is 4.82. The Labute approximate surface area is 127 Å². The van der Waals surface area contributed by atoms with E-state index in [1.165, 1.54) is 19.0 Å². The smallest absolute Gasteiger partial charge is 0.273 e. The van der Waals surface area contributed by atoms with Gasteiger partial charge in [0.2, 0.25) is 0 Å². The van der Waals surface area contributed by atoms with E-state index >= 15 is 0 Å². The van der Waals surface area contributed by atoms with Crippen LogP contribution < -0.4 is 10.2 Å². The number of carbonyl (C=O) groups is 1. The number of oxazole rings is 1. The number of amides is 1. The first kappa shape index (κ1) is 15.2. The number of hydrogen-bond donors (Lipinski definition) is 1. The lowest BCUT2D eigenvalue weighted by atomic mass is 10.2. The Balaban J connectivity index is 1.99. The van der Waals surface area contributed by atoms with Crippen molar-refractivity contribution in [1.82, 2.24) is 20.3 Å². The molecule has 21 heavy (non-hydrogen) atoms. The highest BCUT2D eigenvalue weighted by atomic mass is 35.5. The van der Waals surface area contributed by atoms with E-state index in [2.05, 4.69) is 20.3 Å². The second-order valence-electron chi connectivity index (χ2n) is 4.41. The maximum atomic E-state index is 11.8. The largest absolute Gasteiger partial charge is 0.451 e. The van der Waals surface area contributed by atoms with Crippen LogP contribution in [0.5, 0.6) is 0 Å². The molecule has 0 aliphatic heterocycles. The van der Waals surface area contributed by atoms with Gasteiger partial charge in [0.1, 0.15) is 17.6 Å². The Morgan fingerprint density at radius 2 is 2.33 bits per heavy atom. The summed E-state index contributed by atoms with van der Waals surface area (Å²) in [4.78, 5) is 25.7. The van der Waals surface area contributed by atoms with Crippen molar-refractivity contribution in [1.29, 1.82) is 0 Å². The van der Waals surface area contributed by atoms with Crippen LogP contribution in [-0.4, -0.2) is 40.0 Å². The summed E-state index contributed by atoms with van der Waals surface area (Å²) in [5.41, 5.74) is 0.255. The summed E-state index contributed by atoms with van der Waals surface area (Å²) in [6.45, 7) is 5.11. The number of aromatic nitrogens is 3. The third kappa shape index (κ3) is 3.69. The molecule has 0 aromatic carbocycles. The normalized spacial score (nSPS) is 12.0. The van der Waals surface area contributed by atoms with Crippen LogP contribution in [0.15, 0.2) is 29.6 Å². The Kier molecular flexibility index (Phi) is 5.10. The van der Waals surface area contributed by atoms with Crippen molar-refractivity contribution >= 4 is 23.3 Å². The number of anilines is 1. The van der Waals surface area contributed by atoms with Gasteiger partial charge in [0.25, 0.3) is 5.91 Å². The molecule has 0 aliphatic rings. The average Bonchev–Trinajstić information content (AvgIpc) is 3.02. The molecule has 2 rings (SSSR count). The van der Waals surface area contributed by atoms with Crippen LogP contribution in [0.4, 0.5) is 5.82 Å². The lowest BCUT2D eigenvalue weighted by Crippen LogP contribution is -2.42. The Morgan fingerprint density at radius 3 is 2.95 bits per heavy atom. The van der Waals surface area contributed by atoms with Crippen LogP contribution in [-0.2, 0) is 0 Å². The van der Waals surface area contributed by atoms with Crippen molar-refractivity contribution in [2.75, 3.05) is 18.0 Å². The van der Waals surface area contributed by atoms with Crippen LogP contribution in [0, 0.1) is 0 Å². The molecule has 0 saturated carbocycles. The molecule has 0 fully saturated rings. The Morgan fingerprint density at radius 1 is 1.52 bits per heavy atom. The van der Waals surface area contributed by atoms with Crippen LogP contribution in [0.25, 0.3) is 0 Å². The van der Waals surface area contributed by atoms with Crippen molar-refractivity contribution in [3.05, 3.63) is 35.9 Å². The lowest BCUT2D eigenvalue weighted by Gasteiger charge is -2.29. The number of hydrogen-bond acceptors (Lipinski definition) is 6. The zero-order chi connectivity index (χ0) is 15.2. The van der Waals surface area contributed by atoms with E-state index in [0.29, 0.717) is 23.9 Å². The van der Waals surface area contributed by atoms with E-state index in [9.17, 15) is 4.79 Å². The minimum atomic E-state index is -0.277. The van der Waals surface area contributed by atoms with Crippen LogP contribution >= 0.6 is 11.6 Å². The third-order valence-corrected chi connectivity index (χ3v) is 3.28. The first-order valence-electron chi connectivity index (χ1n) is 6.52. The first-order valence-corrected chi connectivity index (χ1v) is 6.89. The van der Waals surface area contributed by atoms with Gasteiger partial charge >= 0.3 is 0 Å². The molecular formula is C13H16ClN5O2. The van der Waals surface area contributed by atoms with E-state index in [1.54, 1.807) is 6.20 Å². The van der Waals surface area contributed by atoms with Crippen LogP contribution in [0.1, 0.15) is 24.3 Å². The zero-order valence-electron chi connectivity index (χ0n) is 11.8. The van der Waals surface area contributed by atoms with Gasteiger partial charge in [-0.15, -0.1) is 0 Å². The molecule has 1 N–H and O–H groups in total. The number of halogens is 1. The van der Waals surface area contributed by atoms with E-state index in [1.807, 2.05) is 18.7 Å². The molecule has 0 radical (unpaired) electrons. The van der Waals surface area contributed by atoms with Gasteiger partial charge in [-0.25, -0.2) is 15.0 Å². The van der Waals surface area contributed by atoms with Crippen molar-refractivity contribution in [3.8, 4) is 0 Å². The Hall–Kier alpha value is -2.15. The summed E-state index contributed by atoms with van der Waals surface area (Å²) < 4.78 is 4.78. The first-order chi connectivity index (χ1) is 10.1. The molecule has 1 atom stereocenters. The molecule has 0 saturated heterocycles. The summed E-state index contributed by atoms with van der Waals surface area (Å²) in [5.74, 6) is 0.373.